The van der Waals surface area contributed by atoms with Gasteiger partial charge in [-0.05, 0) is 31.7 Å². The van der Waals surface area contributed by atoms with Crippen molar-refractivity contribution < 1.29 is 13.9 Å². The summed E-state index contributed by atoms with van der Waals surface area (Å²) in [7, 11) is 3.08. The third kappa shape index (κ3) is 7.71. The van der Waals surface area contributed by atoms with Gasteiger partial charge in [0.2, 0.25) is 0 Å². The SMILES string of the molecule is CN=C(NCCCC(C)C)NCc1cc(C(=O)OC)c(C)o1.I. The van der Waals surface area contributed by atoms with E-state index in [1.54, 1.807) is 20.0 Å². The van der Waals surface area contributed by atoms with Crippen molar-refractivity contribution in [3.8, 4) is 0 Å². The number of rotatable bonds is 7. The first-order valence-corrected chi connectivity index (χ1v) is 7.60. The minimum atomic E-state index is -0.385. The molecule has 1 heterocycles. The van der Waals surface area contributed by atoms with E-state index in [1.807, 2.05) is 0 Å². The normalized spacial score (nSPS) is 11.1. The summed E-state index contributed by atoms with van der Waals surface area (Å²) in [5.74, 6) is 2.27. The fourth-order valence-corrected chi connectivity index (χ4v) is 2.05. The Bertz CT molecular complexity index is 513. The molecule has 0 fully saturated rings. The highest BCUT2D eigenvalue weighted by atomic mass is 127. The molecule has 0 aliphatic rings. The van der Waals surface area contributed by atoms with E-state index in [0.29, 0.717) is 29.5 Å². The number of nitrogens with zero attached hydrogens (tertiary/aromatic N) is 1. The molecule has 0 bridgehead atoms. The first-order valence-electron chi connectivity index (χ1n) is 7.60. The summed E-state index contributed by atoms with van der Waals surface area (Å²) in [5, 5.41) is 6.42. The first kappa shape index (κ1) is 21.8. The molecular weight excluding hydrogens is 409 g/mol. The van der Waals surface area contributed by atoms with Gasteiger partial charge in [-0.3, -0.25) is 4.99 Å². The minimum Gasteiger partial charge on any atom is -0.465 e. The predicted octanol–water partition coefficient (Wildman–Crippen LogP) is 3.09. The van der Waals surface area contributed by atoms with E-state index >= 15 is 0 Å². The highest BCUT2D eigenvalue weighted by Crippen LogP contribution is 2.15. The zero-order valence-corrected chi connectivity index (χ0v) is 16.9. The molecule has 2 N–H and O–H groups in total. The molecule has 0 saturated carbocycles. The van der Waals surface area contributed by atoms with E-state index < -0.39 is 0 Å². The largest absolute Gasteiger partial charge is 0.465 e. The van der Waals surface area contributed by atoms with Gasteiger partial charge in [0.05, 0.1) is 13.7 Å². The summed E-state index contributed by atoms with van der Waals surface area (Å²) < 4.78 is 10.2. The lowest BCUT2D eigenvalue weighted by Crippen LogP contribution is -2.37. The van der Waals surface area contributed by atoms with Crippen LogP contribution in [0.4, 0.5) is 0 Å². The van der Waals surface area contributed by atoms with Gasteiger partial charge in [-0.2, -0.15) is 0 Å². The number of ether oxygens (including phenoxy) is 1. The van der Waals surface area contributed by atoms with Crippen molar-refractivity contribution in [2.75, 3.05) is 20.7 Å². The lowest BCUT2D eigenvalue weighted by Gasteiger charge is -2.11. The van der Waals surface area contributed by atoms with E-state index in [4.69, 9.17) is 9.15 Å². The molecule has 0 spiro atoms. The third-order valence-corrected chi connectivity index (χ3v) is 3.28. The topological polar surface area (TPSA) is 75.9 Å². The van der Waals surface area contributed by atoms with Crippen LogP contribution in [0.25, 0.3) is 0 Å². The van der Waals surface area contributed by atoms with Crippen molar-refractivity contribution >= 4 is 35.9 Å². The van der Waals surface area contributed by atoms with Crippen LogP contribution >= 0.6 is 24.0 Å². The summed E-state index contributed by atoms with van der Waals surface area (Å²) in [6.07, 6.45) is 2.29. The zero-order valence-electron chi connectivity index (χ0n) is 14.6. The maximum Gasteiger partial charge on any atom is 0.341 e. The van der Waals surface area contributed by atoms with Gasteiger partial charge in [-0.1, -0.05) is 13.8 Å². The molecule has 23 heavy (non-hydrogen) atoms. The van der Waals surface area contributed by atoms with E-state index in [1.165, 1.54) is 13.5 Å². The number of carbonyl (C=O) groups is 1. The smallest absolute Gasteiger partial charge is 0.341 e. The van der Waals surface area contributed by atoms with E-state index in [9.17, 15) is 4.79 Å². The average molecular weight is 437 g/mol. The van der Waals surface area contributed by atoms with Crippen molar-refractivity contribution in [1.82, 2.24) is 10.6 Å². The van der Waals surface area contributed by atoms with Crippen molar-refractivity contribution in [3.05, 3.63) is 23.2 Å². The van der Waals surface area contributed by atoms with Crippen LogP contribution in [-0.2, 0) is 11.3 Å². The summed E-state index contributed by atoms with van der Waals surface area (Å²) in [6, 6.07) is 1.69. The molecule has 0 unspecified atom stereocenters. The fourth-order valence-electron chi connectivity index (χ4n) is 2.05. The van der Waals surface area contributed by atoms with Gasteiger partial charge in [-0.25, -0.2) is 4.79 Å². The highest BCUT2D eigenvalue weighted by Gasteiger charge is 2.15. The summed E-state index contributed by atoms with van der Waals surface area (Å²) >= 11 is 0. The number of halogens is 1. The Morgan fingerprint density at radius 3 is 2.65 bits per heavy atom. The van der Waals surface area contributed by atoms with Crippen LogP contribution in [0.5, 0.6) is 0 Å². The lowest BCUT2D eigenvalue weighted by atomic mass is 10.1. The van der Waals surface area contributed by atoms with Gasteiger partial charge in [-0.15, -0.1) is 24.0 Å². The highest BCUT2D eigenvalue weighted by molar-refractivity contribution is 14.0. The second kappa shape index (κ2) is 11.3. The second-order valence-electron chi connectivity index (χ2n) is 5.56. The second-order valence-corrected chi connectivity index (χ2v) is 5.56. The molecule has 132 valence electrons. The molecule has 0 aliphatic carbocycles. The number of furan rings is 1. The predicted molar refractivity (Wildman–Crippen MR) is 102 cm³/mol. The van der Waals surface area contributed by atoms with Crippen LogP contribution in [0, 0.1) is 12.8 Å². The van der Waals surface area contributed by atoms with Gasteiger partial charge in [0.15, 0.2) is 5.96 Å². The maximum atomic E-state index is 11.5. The van der Waals surface area contributed by atoms with E-state index in [-0.39, 0.29) is 29.9 Å². The molecular formula is C16H28IN3O3. The number of carbonyl (C=O) groups excluding carboxylic acids is 1. The average Bonchev–Trinajstić information content (AvgIpc) is 2.86. The molecule has 0 aliphatic heterocycles. The number of methoxy groups -OCH3 is 1. The Balaban J connectivity index is 0.00000484. The van der Waals surface area contributed by atoms with Crippen LogP contribution in [-0.4, -0.2) is 32.6 Å². The Morgan fingerprint density at radius 2 is 2.09 bits per heavy atom. The quantitative estimate of drug-likeness (QED) is 0.226. The Morgan fingerprint density at radius 1 is 1.39 bits per heavy atom. The molecule has 7 heteroatoms. The molecule has 0 aromatic carbocycles. The van der Waals surface area contributed by atoms with E-state index in [2.05, 4.69) is 29.5 Å². The van der Waals surface area contributed by atoms with Crippen LogP contribution in [0.3, 0.4) is 0 Å². The van der Waals surface area contributed by atoms with Crippen LogP contribution < -0.4 is 10.6 Å². The molecule has 0 atom stereocenters. The van der Waals surface area contributed by atoms with Gasteiger partial charge in [0.25, 0.3) is 0 Å². The number of hydrogen-bond donors (Lipinski definition) is 2. The number of aryl methyl sites for hydroxylation is 1. The zero-order chi connectivity index (χ0) is 16.5. The molecule has 0 amide bonds. The van der Waals surface area contributed by atoms with E-state index in [0.717, 1.165) is 18.9 Å². The van der Waals surface area contributed by atoms with Crippen molar-refractivity contribution in [2.45, 2.75) is 40.2 Å². The first-order chi connectivity index (χ1) is 10.5. The molecule has 1 aromatic rings. The molecule has 1 rings (SSSR count). The fraction of sp³-hybridized carbons (Fsp3) is 0.625. The van der Waals surface area contributed by atoms with Crippen molar-refractivity contribution in [1.29, 1.82) is 0 Å². The van der Waals surface area contributed by atoms with Crippen LogP contribution in [0.1, 0.15) is 48.6 Å². The third-order valence-electron chi connectivity index (χ3n) is 3.28. The Kier molecular flexibility index (Phi) is 10.7. The van der Waals surface area contributed by atoms with Crippen molar-refractivity contribution in [2.24, 2.45) is 10.9 Å². The van der Waals surface area contributed by atoms with Crippen LogP contribution in [0.15, 0.2) is 15.5 Å². The Labute approximate surface area is 155 Å². The molecule has 1 aromatic heterocycles. The molecule has 6 nitrogen and oxygen atoms in total. The van der Waals surface area contributed by atoms with Gasteiger partial charge in [0.1, 0.15) is 17.1 Å². The summed E-state index contributed by atoms with van der Waals surface area (Å²) in [4.78, 5) is 15.7. The summed E-state index contributed by atoms with van der Waals surface area (Å²) in [6.45, 7) is 7.51. The number of hydrogen-bond acceptors (Lipinski definition) is 4. The molecule has 0 saturated heterocycles. The number of guanidine groups is 1. The number of aliphatic imine (C=N–C) groups is 1. The Hall–Kier alpha value is -1.25. The van der Waals surface area contributed by atoms with Crippen LogP contribution in [0.2, 0.25) is 0 Å². The maximum absolute atomic E-state index is 11.5. The number of esters is 1. The summed E-state index contributed by atoms with van der Waals surface area (Å²) in [5.41, 5.74) is 0.458. The monoisotopic (exact) mass is 437 g/mol. The van der Waals surface area contributed by atoms with Crippen molar-refractivity contribution in [3.63, 3.8) is 0 Å². The lowest BCUT2D eigenvalue weighted by molar-refractivity contribution is 0.0599. The van der Waals surface area contributed by atoms with Gasteiger partial charge < -0.3 is 19.8 Å². The number of nitrogens with one attached hydrogen (secondary N) is 2. The minimum absolute atomic E-state index is 0. The van der Waals surface area contributed by atoms with Gasteiger partial charge in [0, 0.05) is 13.6 Å². The standard InChI is InChI=1S/C16H27N3O3.HI/c1-11(2)7-6-8-18-16(17-4)19-10-13-9-14(12(3)22-13)15(20)21-5;/h9,11H,6-8,10H2,1-5H3,(H2,17,18,19);1H. The van der Waals surface area contributed by atoms with Gasteiger partial charge >= 0.3 is 5.97 Å². The molecule has 0 radical (unpaired) electrons.